The summed E-state index contributed by atoms with van der Waals surface area (Å²) in [7, 11) is 0. The third-order valence-corrected chi connectivity index (χ3v) is 5.08. The number of aliphatic carboxylic acids is 3. The van der Waals surface area contributed by atoms with Gasteiger partial charge in [0.1, 0.15) is 0 Å². The highest BCUT2D eigenvalue weighted by Gasteiger charge is 1.96. The zero-order chi connectivity index (χ0) is 28.4. The van der Waals surface area contributed by atoms with Crippen LogP contribution in [0.5, 0.6) is 0 Å². The van der Waals surface area contributed by atoms with Crippen LogP contribution in [0.15, 0.2) is 0 Å². The Balaban J connectivity index is -0.000000969. The number of rotatable bonds is 18. The molecule has 6 nitrogen and oxygen atoms in total. The zero-order valence-corrected chi connectivity index (χ0v) is 22.7. The summed E-state index contributed by atoms with van der Waals surface area (Å²) in [5.41, 5.74) is 0. The van der Waals surface area contributed by atoms with Crippen LogP contribution < -0.4 is 0 Å². The van der Waals surface area contributed by atoms with Gasteiger partial charge in [0.25, 0.3) is 0 Å². The molecule has 0 aliphatic rings. The number of carboxylic acid groups (broad SMARTS) is 3. The molecule has 0 aromatic rings. The van der Waals surface area contributed by atoms with E-state index in [1.54, 1.807) is 0 Å². The molecule has 0 rings (SSSR count). The van der Waals surface area contributed by atoms with E-state index in [0.29, 0.717) is 6.42 Å². The van der Waals surface area contributed by atoms with Crippen molar-refractivity contribution in [1.82, 2.24) is 0 Å². The summed E-state index contributed by atoms with van der Waals surface area (Å²) in [6, 6.07) is 0. The van der Waals surface area contributed by atoms with Crippen molar-refractivity contribution >= 4 is 17.9 Å². The summed E-state index contributed by atoms with van der Waals surface area (Å²) in [5.74, 6) is 12.0. The van der Waals surface area contributed by atoms with E-state index in [9.17, 15) is 4.79 Å². The van der Waals surface area contributed by atoms with Crippen LogP contribution in [0, 0.1) is 48.4 Å². The molecule has 3 N–H and O–H groups in total. The molecular formula is C31H46O6. The fourth-order valence-corrected chi connectivity index (χ4v) is 3.11. The molecule has 0 heterocycles. The third kappa shape index (κ3) is 50.5. The molecule has 0 radical (unpaired) electrons. The van der Waals surface area contributed by atoms with Gasteiger partial charge < -0.3 is 15.3 Å². The van der Waals surface area contributed by atoms with Gasteiger partial charge in [-0.05, 0) is 31.1 Å². The van der Waals surface area contributed by atoms with Crippen LogP contribution in [0.2, 0.25) is 0 Å². The fourth-order valence-electron chi connectivity index (χ4n) is 3.11. The largest absolute Gasteiger partial charge is 0.481 e. The van der Waals surface area contributed by atoms with Crippen molar-refractivity contribution in [3.05, 3.63) is 0 Å². The quantitative estimate of drug-likeness (QED) is 0.135. The second-order valence-electron chi connectivity index (χ2n) is 8.45. The molecule has 0 fully saturated rings. The number of hydrogen-bond donors (Lipinski definition) is 3. The standard InChI is InChI=1S/C25H42O2.2C3H2O2/c1-2-3-4-5-6-7-8-9-10-11-12-13-14-15-16-17-18-19-20-21-22-23-24-25(26)27;2*1-2-3(4)5/h2-12,17-24H2,1H3,(H,26,27);2*1H,(H,4,5). The topological polar surface area (TPSA) is 112 Å². The zero-order valence-electron chi connectivity index (χ0n) is 22.7. The first-order valence-electron chi connectivity index (χ1n) is 13.4. The summed E-state index contributed by atoms with van der Waals surface area (Å²) < 4.78 is 0. The van der Waals surface area contributed by atoms with E-state index in [4.69, 9.17) is 24.9 Å². The third-order valence-electron chi connectivity index (χ3n) is 5.08. The molecule has 0 amide bonds. The maximum Gasteiger partial charge on any atom is 0.381 e. The summed E-state index contributed by atoms with van der Waals surface area (Å²) in [6.07, 6.45) is 31.0. The highest BCUT2D eigenvalue weighted by molar-refractivity contribution is 5.85. The Morgan fingerprint density at radius 2 is 0.838 bits per heavy atom. The highest BCUT2D eigenvalue weighted by Crippen LogP contribution is 2.11. The van der Waals surface area contributed by atoms with E-state index >= 15 is 0 Å². The Bertz CT molecular complexity index is 753. The van der Waals surface area contributed by atoms with Gasteiger partial charge in [-0.3, -0.25) is 4.79 Å². The summed E-state index contributed by atoms with van der Waals surface area (Å²) in [6.45, 7) is 2.27. The second-order valence-corrected chi connectivity index (χ2v) is 8.45. The minimum atomic E-state index is -1.22. The van der Waals surface area contributed by atoms with Gasteiger partial charge in [-0.1, -0.05) is 102 Å². The molecule has 0 aromatic heterocycles. The number of carboxylic acids is 3. The number of hydrogen-bond acceptors (Lipinski definition) is 3. The molecule has 0 unspecified atom stereocenters. The van der Waals surface area contributed by atoms with Crippen LogP contribution in [-0.2, 0) is 14.4 Å². The predicted octanol–water partition coefficient (Wildman–Crippen LogP) is 6.92. The average molecular weight is 515 g/mol. The predicted molar refractivity (Wildman–Crippen MR) is 150 cm³/mol. The van der Waals surface area contributed by atoms with Gasteiger partial charge >= 0.3 is 17.9 Å². The van der Waals surface area contributed by atoms with Crippen LogP contribution in [0.4, 0.5) is 0 Å². The van der Waals surface area contributed by atoms with Gasteiger partial charge in [0.05, 0.1) is 0 Å². The lowest BCUT2D eigenvalue weighted by molar-refractivity contribution is -0.137. The van der Waals surface area contributed by atoms with Crippen LogP contribution >= 0.6 is 0 Å². The minimum Gasteiger partial charge on any atom is -0.481 e. The normalized spacial score (nSPS) is 8.73. The van der Waals surface area contributed by atoms with Gasteiger partial charge in [-0.25, -0.2) is 9.59 Å². The molecule has 37 heavy (non-hydrogen) atoms. The Morgan fingerprint density at radius 1 is 0.541 bits per heavy atom. The molecule has 0 aromatic carbocycles. The Labute approximate surface area is 225 Å². The van der Waals surface area contributed by atoms with Crippen molar-refractivity contribution in [2.75, 3.05) is 0 Å². The van der Waals surface area contributed by atoms with Crippen LogP contribution in [-0.4, -0.2) is 33.2 Å². The molecule has 6 heteroatoms. The van der Waals surface area contributed by atoms with Crippen molar-refractivity contribution < 1.29 is 29.7 Å². The molecule has 0 saturated heterocycles. The Morgan fingerprint density at radius 3 is 1.14 bits per heavy atom. The molecule has 0 aliphatic carbocycles. The van der Waals surface area contributed by atoms with Crippen LogP contribution in [0.3, 0.4) is 0 Å². The average Bonchev–Trinajstić information content (AvgIpc) is 2.87. The minimum absolute atomic E-state index is 0.309. The van der Waals surface area contributed by atoms with Gasteiger partial charge in [0.15, 0.2) is 0 Å². The molecular weight excluding hydrogens is 468 g/mol. The van der Waals surface area contributed by atoms with Crippen molar-refractivity contribution in [1.29, 1.82) is 0 Å². The summed E-state index contributed by atoms with van der Waals surface area (Å²) >= 11 is 0. The van der Waals surface area contributed by atoms with E-state index in [1.165, 1.54) is 88.9 Å². The van der Waals surface area contributed by atoms with Gasteiger partial charge in [0, 0.05) is 31.1 Å². The summed E-state index contributed by atoms with van der Waals surface area (Å²) in [4.78, 5) is 28.6. The Hall–Kier alpha value is -3.35. The molecule has 206 valence electrons. The van der Waals surface area contributed by atoms with Crippen LogP contribution in [0.25, 0.3) is 0 Å². The lowest BCUT2D eigenvalue weighted by atomic mass is 10.1. The number of carbonyl (C=O) groups is 3. The molecule has 0 saturated carbocycles. The van der Waals surface area contributed by atoms with Gasteiger partial charge in [0.2, 0.25) is 0 Å². The first kappa shape index (κ1) is 38.2. The van der Waals surface area contributed by atoms with Crippen molar-refractivity contribution in [2.45, 2.75) is 129 Å². The van der Waals surface area contributed by atoms with E-state index in [2.05, 4.69) is 43.5 Å². The van der Waals surface area contributed by atoms with E-state index < -0.39 is 17.9 Å². The molecule has 0 aliphatic heterocycles. The monoisotopic (exact) mass is 514 g/mol. The molecule has 0 spiro atoms. The van der Waals surface area contributed by atoms with E-state index in [0.717, 1.165) is 38.5 Å². The van der Waals surface area contributed by atoms with Gasteiger partial charge in [-0.2, -0.15) is 0 Å². The van der Waals surface area contributed by atoms with Crippen molar-refractivity contribution in [3.8, 4) is 48.4 Å². The van der Waals surface area contributed by atoms with E-state index in [-0.39, 0.29) is 0 Å². The summed E-state index contributed by atoms with van der Waals surface area (Å²) in [5, 5.41) is 23.5. The first-order valence-corrected chi connectivity index (χ1v) is 13.4. The molecule has 0 bridgehead atoms. The van der Waals surface area contributed by atoms with E-state index in [1.807, 2.05) is 0 Å². The molecule has 0 atom stereocenters. The first-order chi connectivity index (χ1) is 17.8. The number of unbranched alkanes of at least 4 members (excludes halogenated alkanes) is 16. The van der Waals surface area contributed by atoms with Crippen molar-refractivity contribution in [3.63, 3.8) is 0 Å². The van der Waals surface area contributed by atoms with Crippen LogP contribution in [0.1, 0.15) is 129 Å². The maximum absolute atomic E-state index is 10.4. The van der Waals surface area contributed by atoms with Gasteiger partial charge in [-0.15, -0.1) is 12.8 Å². The second kappa shape index (κ2) is 34.8. The van der Waals surface area contributed by atoms with Crippen molar-refractivity contribution in [2.24, 2.45) is 0 Å². The lowest BCUT2D eigenvalue weighted by Gasteiger charge is -2.00. The lowest BCUT2D eigenvalue weighted by Crippen LogP contribution is -1.93. The maximum atomic E-state index is 10.4. The SMILES string of the molecule is C#CC(=O)O.C#CC(=O)O.CCCCCCCCCCCCC#CC#CCCCCCCCCC(=O)O. The fraction of sp³-hybridized carbons (Fsp3) is 0.645. The highest BCUT2D eigenvalue weighted by atomic mass is 16.4. The number of terminal acetylenes is 2. The smallest absolute Gasteiger partial charge is 0.381 e. The Kier molecular flexibility index (Phi) is 35.9.